The van der Waals surface area contributed by atoms with Gasteiger partial charge < -0.3 is 4.74 Å². The van der Waals surface area contributed by atoms with E-state index in [1.165, 1.54) is 6.07 Å². The maximum Gasteiger partial charge on any atom is 0.269 e. The average molecular weight is 285 g/mol. The monoisotopic (exact) mass is 285 g/mol. The fraction of sp³-hybridized carbons (Fsp3) is 0.294. The number of rotatable bonds is 7. The lowest BCUT2D eigenvalue weighted by Gasteiger charge is -2.07. The van der Waals surface area contributed by atoms with E-state index in [1.54, 1.807) is 12.1 Å². The molecule has 0 aliphatic heterocycles. The summed E-state index contributed by atoms with van der Waals surface area (Å²) >= 11 is 0. The van der Waals surface area contributed by atoms with Gasteiger partial charge in [0.1, 0.15) is 5.75 Å². The molecule has 0 N–H and O–H groups in total. The number of hydrogen-bond donors (Lipinski definition) is 0. The standard InChI is InChI=1S/C17H19NO3/c1-2-3-11-21-17-9-7-14(8-10-17)12-15-5-4-6-16(13-15)18(19)20/h4-10,13H,2-3,11-12H2,1H3. The molecular weight excluding hydrogens is 266 g/mol. The summed E-state index contributed by atoms with van der Waals surface area (Å²) in [5.74, 6) is 0.867. The quantitative estimate of drug-likeness (QED) is 0.431. The van der Waals surface area contributed by atoms with Gasteiger partial charge >= 0.3 is 0 Å². The smallest absolute Gasteiger partial charge is 0.269 e. The van der Waals surface area contributed by atoms with Crippen molar-refractivity contribution in [2.75, 3.05) is 6.61 Å². The fourth-order valence-electron chi connectivity index (χ4n) is 2.05. The second-order valence-corrected chi connectivity index (χ2v) is 4.95. The van der Waals surface area contributed by atoms with Gasteiger partial charge in [-0.25, -0.2) is 0 Å². The van der Waals surface area contributed by atoms with Crippen molar-refractivity contribution in [2.45, 2.75) is 26.2 Å². The van der Waals surface area contributed by atoms with Crippen LogP contribution < -0.4 is 4.74 Å². The van der Waals surface area contributed by atoms with Crippen LogP contribution in [0, 0.1) is 10.1 Å². The van der Waals surface area contributed by atoms with Crippen LogP contribution in [0.2, 0.25) is 0 Å². The summed E-state index contributed by atoms with van der Waals surface area (Å²) in [5, 5.41) is 10.8. The fourth-order valence-corrected chi connectivity index (χ4v) is 2.05. The van der Waals surface area contributed by atoms with Crippen LogP contribution in [0.5, 0.6) is 5.75 Å². The summed E-state index contributed by atoms with van der Waals surface area (Å²) in [7, 11) is 0. The van der Waals surface area contributed by atoms with Crippen LogP contribution >= 0.6 is 0 Å². The van der Waals surface area contributed by atoms with Crippen molar-refractivity contribution >= 4 is 5.69 Å². The highest BCUT2D eigenvalue weighted by atomic mass is 16.6. The van der Waals surface area contributed by atoms with E-state index in [0.717, 1.165) is 36.3 Å². The van der Waals surface area contributed by atoms with Crippen molar-refractivity contribution in [3.8, 4) is 5.75 Å². The Bertz CT molecular complexity index is 593. The van der Waals surface area contributed by atoms with Gasteiger partial charge in [0.2, 0.25) is 0 Å². The van der Waals surface area contributed by atoms with E-state index in [9.17, 15) is 10.1 Å². The zero-order valence-electron chi connectivity index (χ0n) is 12.1. The Kier molecular flexibility index (Phi) is 5.32. The van der Waals surface area contributed by atoms with Crippen LogP contribution in [-0.2, 0) is 6.42 Å². The molecule has 2 aromatic rings. The summed E-state index contributed by atoms with van der Waals surface area (Å²) in [4.78, 5) is 10.4. The van der Waals surface area contributed by atoms with Crippen molar-refractivity contribution in [3.63, 3.8) is 0 Å². The van der Waals surface area contributed by atoms with Gasteiger partial charge in [0.05, 0.1) is 11.5 Å². The molecule has 0 bridgehead atoms. The van der Waals surface area contributed by atoms with Gasteiger partial charge in [0.25, 0.3) is 5.69 Å². The van der Waals surface area contributed by atoms with E-state index in [1.807, 2.05) is 30.3 Å². The molecule has 4 nitrogen and oxygen atoms in total. The van der Waals surface area contributed by atoms with Crippen molar-refractivity contribution in [1.82, 2.24) is 0 Å². The molecule has 0 unspecified atom stereocenters. The Morgan fingerprint density at radius 3 is 2.52 bits per heavy atom. The number of unbranched alkanes of at least 4 members (excludes halogenated alkanes) is 1. The van der Waals surface area contributed by atoms with Gasteiger partial charge in [0.15, 0.2) is 0 Å². The van der Waals surface area contributed by atoms with Crippen LogP contribution in [0.1, 0.15) is 30.9 Å². The first-order chi connectivity index (χ1) is 10.2. The predicted octanol–water partition coefficient (Wildman–Crippen LogP) is 4.36. The molecule has 0 heterocycles. The highest BCUT2D eigenvalue weighted by Gasteiger charge is 2.06. The topological polar surface area (TPSA) is 52.4 Å². The van der Waals surface area contributed by atoms with Crippen LogP contribution in [0.3, 0.4) is 0 Å². The maximum atomic E-state index is 10.8. The number of hydrogen-bond acceptors (Lipinski definition) is 3. The first kappa shape index (κ1) is 15.0. The minimum Gasteiger partial charge on any atom is -0.494 e. The number of benzene rings is 2. The number of nitro groups is 1. The summed E-state index contributed by atoms with van der Waals surface area (Å²) in [6.45, 7) is 2.87. The van der Waals surface area contributed by atoms with Crippen LogP contribution in [0.4, 0.5) is 5.69 Å². The van der Waals surface area contributed by atoms with Gasteiger partial charge in [-0.1, -0.05) is 37.6 Å². The minimum absolute atomic E-state index is 0.131. The molecule has 0 saturated carbocycles. The van der Waals surface area contributed by atoms with Crippen molar-refractivity contribution < 1.29 is 9.66 Å². The number of nitro benzene ring substituents is 1. The van der Waals surface area contributed by atoms with Crippen LogP contribution in [0.15, 0.2) is 48.5 Å². The minimum atomic E-state index is -0.367. The van der Waals surface area contributed by atoms with Gasteiger partial charge in [-0.05, 0) is 36.1 Å². The third-order valence-corrected chi connectivity index (χ3v) is 3.22. The molecule has 0 fully saturated rings. The maximum absolute atomic E-state index is 10.8. The third-order valence-electron chi connectivity index (χ3n) is 3.22. The SMILES string of the molecule is CCCCOc1ccc(Cc2cccc([N+](=O)[O-])c2)cc1. The van der Waals surface area contributed by atoms with Gasteiger partial charge in [-0.15, -0.1) is 0 Å². The van der Waals surface area contributed by atoms with E-state index in [2.05, 4.69) is 6.92 Å². The number of nitrogens with zero attached hydrogens (tertiary/aromatic N) is 1. The molecule has 0 spiro atoms. The molecule has 21 heavy (non-hydrogen) atoms. The highest BCUT2D eigenvalue weighted by molar-refractivity contribution is 5.38. The van der Waals surface area contributed by atoms with Crippen molar-refractivity contribution in [2.24, 2.45) is 0 Å². The molecule has 0 aromatic heterocycles. The number of ether oxygens (including phenoxy) is 1. The molecule has 4 heteroatoms. The Hall–Kier alpha value is -2.36. The van der Waals surface area contributed by atoms with Gasteiger partial charge in [0, 0.05) is 12.1 Å². The largest absolute Gasteiger partial charge is 0.494 e. The molecule has 0 saturated heterocycles. The lowest BCUT2D eigenvalue weighted by Crippen LogP contribution is -1.96. The summed E-state index contributed by atoms with van der Waals surface area (Å²) in [6, 6.07) is 14.6. The van der Waals surface area contributed by atoms with Crippen molar-refractivity contribution in [1.29, 1.82) is 0 Å². The molecule has 0 atom stereocenters. The second kappa shape index (κ2) is 7.43. The van der Waals surface area contributed by atoms with E-state index in [0.29, 0.717) is 6.42 Å². The zero-order valence-corrected chi connectivity index (χ0v) is 12.1. The molecule has 0 amide bonds. The Morgan fingerprint density at radius 2 is 1.86 bits per heavy atom. The molecule has 110 valence electrons. The Morgan fingerprint density at radius 1 is 1.10 bits per heavy atom. The number of non-ortho nitro benzene ring substituents is 1. The first-order valence-electron chi connectivity index (χ1n) is 7.14. The predicted molar refractivity (Wildman–Crippen MR) is 82.7 cm³/mol. The molecule has 2 rings (SSSR count). The van der Waals surface area contributed by atoms with Gasteiger partial charge in [-0.3, -0.25) is 10.1 Å². The van der Waals surface area contributed by atoms with E-state index in [4.69, 9.17) is 4.74 Å². The normalized spacial score (nSPS) is 10.3. The molecular formula is C17H19NO3. The first-order valence-corrected chi connectivity index (χ1v) is 7.14. The average Bonchev–Trinajstić information content (AvgIpc) is 2.49. The highest BCUT2D eigenvalue weighted by Crippen LogP contribution is 2.18. The lowest BCUT2D eigenvalue weighted by molar-refractivity contribution is -0.384. The van der Waals surface area contributed by atoms with Gasteiger partial charge in [-0.2, -0.15) is 0 Å². The Labute approximate surface area is 124 Å². The Balaban J connectivity index is 1.99. The van der Waals surface area contributed by atoms with Crippen molar-refractivity contribution in [3.05, 3.63) is 69.8 Å². The second-order valence-electron chi connectivity index (χ2n) is 4.95. The molecule has 0 aliphatic carbocycles. The van der Waals surface area contributed by atoms with Crippen LogP contribution in [0.25, 0.3) is 0 Å². The van der Waals surface area contributed by atoms with E-state index >= 15 is 0 Å². The molecule has 2 aromatic carbocycles. The molecule has 0 radical (unpaired) electrons. The lowest BCUT2D eigenvalue weighted by atomic mass is 10.0. The third kappa shape index (κ3) is 4.60. The van der Waals surface area contributed by atoms with E-state index in [-0.39, 0.29) is 10.6 Å². The molecule has 0 aliphatic rings. The van der Waals surface area contributed by atoms with E-state index < -0.39 is 0 Å². The summed E-state index contributed by atoms with van der Waals surface area (Å²) in [6.07, 6.45) is 2.84. The zero-order chi connectivity index (χ0) is 15.1. The summed E-state index contributed by atoms with van der Waals surface area (Å²) < 4.78 is 5.61. The summed E-state index contributed by atoms with van der Waals surface area (Å²) in [5.41, 5.74) is 2.18. The van der Waals surface area contributed by atoms with Crippen LogP contribution in [-0.4, -0.2) is 11.5 Å².